The summed E-state index contributed by atoms with van der Waals surface area (Å²) in [7, 11) is 0. The minimum atomic E-state index is -0.777. The van der Waals surface area contributed by atoms with E-state index < -0.39 is 6.10 Å². The minimum Gasteiger partial charge on any atom is -0.462 e. The van der Waals surface area contributed by atoms with Gasteiger partial charge in [0, 0.05) is 19.3 Å². The van der Waals surface area contributed by atoms with E-state index in [1.54, 1.807) is 0 Å². The van der Waals surface area contributed by atoms with Crippen LogP contribution in [0.25, 0.3) is 0 Å². The van der Waals surface area contributed by atoms with Gasteiger partial charge in [-0.2, -0.15) is 0 Å². The molecule has 470 valence electrons. The third-order valence-corrected chi connectivity index (χ3v) is 15.7. The molecule has 6 heteroatoms. The number of rotatable bonds is 65. The summed E-state index contributed by atoms with van der Waals surface area (Å²) in [5, 5.41) is 0. The maximum absolute atomic E-state index is 13.0. The highest BCUT2D eigenvalue weighted by atomic mass is 16.6. The summed E-state index contributed by atoms with van der Waals surface area (Å²) >= 11 is 0. The molecule has 0 bridgehead atoms. The van der Waals surface area contributed by atoms with Gasteiger partial charge in [0.2, 0.25) is 0 Å². The van der Waals surface area contributed by atoms with Gasteiger partial charge >= 0.3 is 17.9 Å². The number of unbranched alkanes of at least 4 members (excludes halogenated alkanes) is 42. The van der Waals surface area contributed by atoms with Crippen LogP contribution in [-0.2, 0) is 28.6 Å². The highest BCUT2D eigenvalue weighted by molar-refractivity contribution is 5.71. The van der Waals surface area contributed by atoms with Gasteiger partial charge in [-0.15, -0.1) is 0 Å². The molecule has 0 fully saturated rings. The van der Waals surface area contributed by atoms with E-state index in [2.05, 4.69) is 93.7 Å². The Morgan fingerprint density at radius 2 is 0.481 bits per heavy atom. The van der Waals surface area contributed by atoms with E-state index in [-0.39, 0.29) is 31.1 Å². The zero-order valence-electron chi connectivity index (χ0n) is 54.1. The van der Waals surface area contributed by atoms with Crippen LogP contribution in [0.4, 0.5) is 0 Å². The van der Waals surface area contributed by atoms with Crippen molar-refractivity contribution in [3.8, 4) is 0 Å². The van der Waals surface area contributed by atoms with E-state index in [0.717, 1.165) is 89.9 Å². The Balaban J connectivity index is 4.29. The molecule has 0 spiro atoms. The molecule has 0 heterocycles. The molecule has 6 nitrogen and oxygen atoms in total. The second-order valence-corrected chi connectivity index (χ2v) is 23.8. The molecule has 1 atom stereocenters. The number of carbonyl (C=O) groups excluding carboxylic acids is 3. The first-order chi connectivity index (χ1) is 40.0. The van der Waals surface area contributed by atoms with E-state index in [0.29, 0.717) is 19.3 Å². The SMILES string of the molecule is CC/C=C\C/C=C\C/C=C\C/C=C\CCCCCCCCCCCCCCCCC(=O)OCC(COC(=O)CCCCCCCCCCCCCCCCCCC)OC(=O)CCCCCCCCCCC/C=C\C/C=C\CCCCC. The molecular weight excluding hydrogens is 997 g/mol. The second kappa shape index (κ2) is 69.3. The molecular formula is C75H134O6. The highest BCUT2D eigenvalue weighted by Gasteiger charge is 2.19. The molecule has 0 rings (SSSR count). The van der Waals surface area contributed by atoms with Gasteiger partial charge in [-0.05, 0) is 89.9 Å². The third kappa shape index (κ3) is 67.5. The van der Waals surface area contributed by atoms with Crippen molar-refractivity contribution in [1.29, 1.82) is 0 Å². The molecule has 0 aliphatic carbocycles. The van der Waals surface area contributed by atoms with Gasteiger partial charge in [0.1, 0.15) is 13.2 Å². The van der Waals surface area contributed by atoms with E-state index in [4.69, 9.17) is 14.2 Å². The van der Waals surface area contributed by atoms with Crippen LogP contribution in [0.15, 0.2) is 72.9 Å². The van der Waals surface area contributed by atoms with Crippen LogP contribution in [0.5, 0.6) is 0 Å². The Labute approximate surface area is 503 Å². The fourth-order valence-electron chi connectivity index (χ4n) is 10.4. The quantitative estimate of drug-likeness (QED) is 0.0261. The summed E-state index contributed by atoms with van der Waals surface area (Å²) in [5.74, 6) is -0.853. The molecule has 0 aliphatic rings. The van der Waals surface area contributed by atoms with Gasteiger partial charge in [0.15, 0.2) is 6.10 Å². The molecule has 0 radical (unpaired) electrons. The Morgan fingerprint density at radius 1 is 0.259 bits per heavy atom. The normalized spacial score (nSPS) is 12.5. The topological polar surface area (TPSA) is 78.9 Å². The summed E-state index contributed by atoms with van der Waals surface area (Å²) in [6, 6.07) is 0. The van der Waals surface area contributed by atoms with Gasteiger partial charge in [0.25, 0.3) is 0 Å². The Hall–Kier alpha value is -3.15. The zero-order valence-corrected chi connectivity index (χ0v) is 54.1. The molecule has 0 saturated heterocycles. The zero-order chi connectivity index (χ0) is 58.5. The molecule has 0 N–H and O–H groups in total. The first-order valence-electron chi connectivity index (χ1n) is 35.4. The summed E-state index contributed by atoms with van der Waals surface area (Å²) in [4.78, 5) is 38.5. The van der Waals surface area contributed by atoms with Crippen LogP contribution in [0.3, 0.4) is 0 Å². The van der Waals surface area contributed by atoms with Crippen LogP contribution >= 0.6 is 0 Å². The number of allylic oxidation sites excluding steroid dienone is 12. The Morgan fingerprint density at radius 3 is 0.778 bits per heavy atom. The van der Waals surface area contributed by atoms with E-state index in [1.807, 2.05) is 0 Å². The number of hydrogen-bond acceptors (Lipinski definition) is 6. The van der Waals surface area contributed by atoms with Gasteiger partial charge < -0.3 is 14.2 Å². The summed E-state index contributed by atoms with van der Waals surface area (Å²) in [6.07, 6.45) is 90.6. The van der Waals surface area contributed by atoms with E-state index >= 15 is 0 Å². The molecule has 81 heavy (non-hydrogen) atoms. The summed E-state index contributed by atoms with van der Waals surface area (Å²) in [6.45, 7) is 6.56. The van der Waals surface area contributed by atoms with Crippen molar-refractivity contribution < 1.29 is 28.6 Å². The van der Waals surface area contributed by atoms with Crippen molar-refractivity contribution in [1.82, 2.24) is 0 Å². The van der Waals surface area contributed by atoms with Crippen molar-refractivity contribution in [3.05, 3.63) is 72.9 Å². The second-order valence-electron chi connectivity index (χ2n) is 23.8. The summed E-state index contributed by atoms with van der Waals surface area (Å²) in [5.41, 5.74) is 0. The van der Waals surface area contributed by atoms with Gasteiger partial charge in [0.05, 0.1) is 0 Å². The first-order valence-corrected chi connectivity index (χ1v) is 35.4. The lowest BCUT2D eigenvalue weighted by Gasteiger charge is -2.18. The van der Waals surface area contributed by atoms with Crippen molar-refractivity contribution in [2.45, 2.75) is 374 Å². The predicted molar refractivity (Wildman–Crippen MR) is 353 cm³/mol. The van der Waals surface area contributed by atoms with Crippen LogP contribution in [0.1, 0.15) is 367 Å². The highest BCUT2D eigenvalue weighted by Crippen LogP contribution is 2.18. The maximum atomic E-state index is 13.0. The van der Waals surface area contributed by atoms with Gasteiger partial charge in [-0.1, -0.05) is 331 Å². The fourth-order valence-corrected chi connectivity index (χ4v) is 10.4. The lowest BCUT2D eigenvalue weighted by molar-refractivity contribution is -0.167. The molecule has 1 unspecified atom stereocenters. The van der Waals surface area contributed by atoms with Gasteiger partial charge in [-0.25, -0.2) is 0 Å². The third-order valence-electron chi connectivity index (χ3n) is 15.7. The fraction of sp³-hybridized carbons (Fsp3) is 0.800. The number of ether oxygens (including phenoxy) is 3. The average molecular weight is 1130 g/mol. The van der Waals surface area contributed by atoms with Gasteiger partial charge in [-0.3, -0.25) is 14.4 Å². The first kappa shape index (κ1) is 77.9. The maximum Gasteiger partial charge on any atom is 0.306 e. The van der Waals surface area contributed by atoms with Crippen LogP contribution in [-0.4, -0.2) is 37.2 Å². The van der Waals surface area contributed by atoms with Crippen molar-refractivity contribution in [2.75, 3.05) is 13.2 Å². The average Bonchev–Trinajstić information content (AvgIpc) is 3.47. The standard InChI is InChI=1S/C75H134O6/c1-4-7-10-13-16-19-22-25-28-31-33-34-35-36-37-38-39-40-42-44-47-50-53-56-59-62-65-68-74(77)80-71-72(70-79-73(76)67-64-61-58-55-52-49-46-43-30-27-24-21-18-15-12-9-6-3)81-75(78)69-66-63-60-57-54-51-48-45-41-32-29-26-23-20-17-14-11-8-5-2/h7,10,16-17,19-20,25-26,28-29,33-34,72H,4-6,8-9,11-15,18,21-24,27,30-32,35-71H2,1-3H3/b10-7-,19-16-,20-17-,28-25-,29-26-,34-33-. The molecule has 0 aromatic heterocycles. The van der Waals surface area contributed by atoms with E-state index in [9.17, 15) is 14.4 Å². The van der Waals surface area contributed by atoms with Crippen molar-refractivity contribution in [2.24, 2.45) is 0 Å². The number of esters is 3. The Bertz CT molecular complexity index is 1490. The monoisotopic (exact) mass is 1130 g/mol. The van der Waals surface area contributed by atoms with Crippen LogP contribution in [0, 0.1) is 0 Å². The molecule has 0 amide bonds. The van der Waals surface area contributed by atoms with Crippen molar-refractivity contribution >= 4 is 17.9 Å². The lowest BCUT2D eigenvalue weighted by atomic mass is 10.0. The molecule has 0 aromatic carbocycles. The number of hydrogen-bond donors (Lipinski definition) is 0. The molecule has 0 aromatic rings. The molecule has 0 saturated carbocycles. The number of carbonyl (C=O) groups is 3. The lowest BCUT2D eigenvalue weighted by Crippen LogP contribution is -2.30. The predicted octanol–water partition coefficient (Wildman–Crippen LogP) is 24.4. The van der Waals surface area contributed by atoms with Crippen LogP contribution in [0.2, 0.25) is 0 Å². The summed E-state index contributed by atoms with van der Waals surface area (Å²) < 4.78 is 17.0. The minimum absolute atomic E-state index is 0.0720. The van der Waals surface area contributed by atoms with Crippen molar-refractivity contribution in [3.63, 3.8) is 0 Å². The van der Waals surface area contributed by atoms with Crippen LogP contribution < -0.4 is 0 Å². The molecule has 0 aliphatic heterocycles. The smallest absolute Gasteiger partial charge is 0.306 e. The largest absolute Gasteiger partial charge is 0.462 e. The van der Waals surface area contributed by atoms with E-state index in [1.165, 1.54) is 238 Å². The Kier molecular flexibility index (Phi) is 66.6.